The van der Waals surface area contributed by atoms with Crippen molar-refractivity contribution in [2.45, 2.75) is 25.6 Å². The first-order valence-corrected chi connectivity index (χ1v) is 7.16. The first-order chi connectivity index (χ1) is 8.52. The van der Waals surface area contributed by atoms with Gasteiger partial charge in [-0.25, -0.2) is 4.39 Å². The van der Waals surface area contributed by atoms with Crippen molar-refractivity contribution in [3.8, 4) is 0 Å². The number of hydrogen-bond donors (Lipinski definition) is 1. The van der Waals surface area contributed by atoms with Crippen LogP contribution < -0.4 is 5.73 Å². The van der Waals surface area contributed by atoms with Crippen LogP contribution in [0, 0.1) is 5.92 Å². The molecule has 100 valence electrons. The van der Waals surface area contributed by atoms with Gasteiger partial charge < -0.3 is 5.73 Å². The summed E-state index contributed by atoms with van der Waals surface area (Å²) in [5, 5.41) is 0. The van der Waals surface area contributed by atoms with Crippen LogP contribution in [0.2, 0.25) is 0 Å². The van der Waals surface area contributed by atoms with Crippen molar-refractivity contribution < 1.29 is 4.39 Å². The fraction of sp³-hybridized carbons (Fsp3) is 0.571. The molecule has 2 nitrogen and oxygen atoms in total. The lowest BCUT2D eigenvalue weighted by atomic mass is 9.98. The Balaban J connectivity index is 2.22. The molecule has 4 heteroatoms. The molecule has 2 N–H and O–H groups in total. The van der Waals surface area contributed by atoms with E-state index in [4.69, 9.17) is 5.73 Å². The Kier molecular flexibility index (Phi) is 4.41. The highest BCUT2D eigenvalue weighted by atomic mass is 79.9. The summed E-state index contributed by atoms with van der Waals surface area (Å²) in [5.41, 5.74) is 7.70. The second kappa shape index (κ2) is 5.68. The van der Waals surface area contributed by atoms with Crippen LogP contribution in [0.15, 0.2) is 22.7 Å². The molecule has 1 aliphatic rings. The van der Waals surface area contributed by atoms with Gasteiger partial charge in [0.1, 0.15) is 6.17 Å². The van der Waals surface area contributed by atoms with Crippen LogP contribution in [-0.4, -0.2) is 25.0 Å². The van der Waals surface area contributed by atoms with E-state index in [1.807, 2.05) is 18.2 Å². The molecule has 1 aromatic rings. The lowest BCUT2D eigenvalue weighted by molar-refractivity contribution is 0.313. The van der Waals surface area contributed by atoms with Gasteiger partial charge in [-0.1, -0.05) is 28.1 Å². The summed E-state index contributed by atoms with van der Waals surface area (Å²) in [6.45, 7) is 3.34. The number of hydrogen-bond acceptors (Lipinski definition) is 2. The minimum atomic E-state index is -0.938. The van der Waals surface area contributed by atoms with Crippen molar-refractivity contribution in [1.29, 1.82) is 0 Å². The molecule has 0 amide bonds. The molecule has 0 aromatic heterocycles. The van der Waals surface area contributed by atoms with Crippen LogP contribution in [0.3, 0.4) is 0 Å². The average molecular weight is 315 g/mol. The van der Waals surface area contributed by atoms with E-state index in [0.717, 1.165) is 29.5 Å². The number of likely N-dealkylation sites (tertiary alicyclic amines) is 1. The monoisotopic (exact) mass is 314 g/mol. The van der Waals surface area contributed by atoms with Crippen LogP contribution in [0.4, 0.5) is 4.39 Å². The van der Waals surface area contributed by atoms with E-state index in [2.05, 4.69) is 27.9 Å². The van der Waals surface area contributed by atoms with Gasteiger partial charge in [0.15, 0.2) is 0 Å². The molecule has 1 aliphatic heterocycles. The van der Waals surface area contributed by atoms with E-state index in [1.54, 1.807) is 6.92 Å². The third-order valence-corrected chi connectivity index (χ3v) is 4.49. The largest absolute Gasteiger partial charge is 0.330 e. The maximum Gasteiger partial charge on any atom is 0.123 e. The molecule has 2 rings (SSSR count). The Labute approximate surface area is 116 Å². The van der Waals surface area contributed by atoms with E-state index in [-0.39, 0.29) is 0 Å². The van der Waals surface area contributed by atoms with Crippen LogP contribution in [0.25, 0.3) is 0 Å². The Morgan fingerprint density at radius 3 is 2.78 bits per heavy atom. The summed E-state index contributed by atoms with van der Waals surface area (Å²) >= 11 is 3.46. The maximum atomic E-state index is 13.3. The summed E-state index contributed by atoms with van der Waals surface area (Å²) in [5.74, 6) is 0.568. The second-order valence-corrected chi connectivity index (χ2v) is 6.04. The van der Waals surface area contributed by atoms with Gasteiger partial charge in [0, 0.05) is 17.1 Å². The zero-order chi connectivity index (χ0) is 13.3. The molecule has 1 heterocycles. The molecule has 1 aromatic carbocycles. The Hall–Kier alpha value is -0.450. The fourth-order valence-electron chi connectivity index (χ4n) is 2.74. The van der Waals surface area contributed by atoms with Crippen LogP contribution in [0.5, 0.6) is 0 Å². The zero-order valence-corrected chi connectivity index (χ0v) is 12.5. The molecule has 0 aliphatic carbocycles. The van der Waals surface area contributed by atoms with Crippen LogP contribution >= 0.6 is 15.9 Å². The summed E-state index contributed by atoms with van der Waals surface area (Å²) < 4.78 is 14.2. The van der Waals surface area contributed by atoms with Gasteiger partial charge in [0.25, 0.3) is 0 Å². The normalized spacial score (nSPS) is 26.5. The van der Waals surface area contributed by atoms with Gasteiger partial charge >= 0.3 is 0 Å². The Morgan fingerprint density at radius 1 is 1.56 bits per heavy atom. The van der Waals surface area contributed by atoms with E-state index in [1.165, 1.54) is 5.56 Å². The standard InChI is InChI=1S/C14H20BrFN2/c1-9(16)12-4-3-11(6-13(12)15)14-5-10(7-17)8-18(14)2/h3-4,6,9-10,14H,5,7-8,17H2,1-2H3. The summed E-state index contributed by atoms with van der Waals surface area (Å²) in [7, 11) is 2.12. The zero-order valence-electron chi connectivity index (χ0n) is 10.9. The molecule has 0 bridgehead atoms. The van der Waals surface area contributed by atoms with Gasteiger partial charge in [-0.15, -0.1) is 0 Å². The maximum absolute atomic E-state index is 13.3. The van der Waals surface area contributed by atoms with Crippen molar-refractivity contribution in [1.82, 2.24) is 4.90 Å². The van der Waals surface area contributed by atoms with Crippen LogP contribution in [-0.2, 0) is 0 Å². The van der Waals surface area contributed by atoms with Crippen molar-refractivity contribution in [2.75, 3.05) is 20.1 Å². The molecular formula is C14H20BrFN2. The molecule has 0 radical (unpaired) electrons. The minimum absolute atomic E-state index is 0.402. The van der Waals surface area contributed by atoms with Crippen molar-refractivity contribution in [2.24, 2.45) is 11.7 Å². The highest BCUT2D eigenvalue weighted by Crippen LogP contribution is 2.36. The molecule has 0 saturated carbocycles. The quantitative estimate of drug-likeness (QED) is 0.926. The lowest BCUT2D eigenvalue weighted by Crippen LogP contribution is -2.20. The topological polar surface area (TPSA) is 29.3 Å². The molecule has 3 unspecified atom stereocenters. The smallest absolute Gasteiger partial charge is 0.123 e. The van der Waals surface area contributed by atoms with Gasteiger partial charge in [-0.2, -0.15) is 0 Å². The van der Waals surface area contributed by atoms with E-state index in [9.17, 15) is 4.39 Å². The van der Waals surface area contributed by atoms with E-state index < -0.39 is 6.17 Å². The number of alkyl halides is 1. The third kappa shape index (κ3) is 2.76. The van der Waals surface area contributed by atoms with E-state index >= 15 is 0 Å². The summed E-state index contributed by atoms with van der Waals surface area (Å²) in [6.07, 6.45) is 0.149. The minimum Gasteiger partial charge on any atom is -0.330 e. The number of halogens is 2. The van der Waals surface area contributed by atoms with E-state index in [0.29, 0.717) is 12.0 Å². The summed E-state index contributed by atoms with van der Waals surface area (Å²) in [4.78, 5) is 2.33. The summed E-state index contributed by atoms with van der Waals surface area (Å²) in [6, 6.07) is 6.37. The predicted molar refractivity (Wildman–Crippen MR) is 76.2 cm³/mol. The molecular weight excluding hydrogens is 295 g/mol. The number of nitrogens with two attached hydrogens (primary N) is 1. The number of rotatable bonds is 3. The van der Waals surface area contributed by atoms with Gasteiger partial charge in [-0.3, -0.25) is 4.90 Å². The van der Waals surface area contributed by atoms with Gasteiger partial charge in [-0.05, 0) is 50.0 Å². The molecule has 1 fully saturated rings. The van der Waals surface area contributed by atoms with Crippen molar-refractivity contribution in [3.05, 3.63) is 33.8 Å². The highest BCUT2D eigenvalue weighted by molar-refractivity contribution is 9.10. The highest BCUT2D eigenvalue weighted by Gasteiger charge is 2.29. The lowest BCUT2D eigenvalue weighted by Gasteiger charge is -2.20. The molecule has 18 heavy (non-hydrogen) atoms. The predicted octanol–water partition coefficient (Wildman–Crippen LogP) is 3.43. The van der Waals surface area contributed by atoms with Crippen LogP contribution in [0.1, 0.15) is 36.7 Å². The molecule has 3 atom stereocenters. The first kappa shape index (κ1) is 14.0. The van der Waals surface area contributed by atoms with Crippen molar-refractivity contribution in [3.63, 3.8) is 0 Å². The van der Waals surface area contributed by atoms with Gasteiger partial charge in [0.2, 0.25) is 0 Å². The fourth-order valence-corrected chi connectivity index (χ4v) is 3.45. The molecule has 1 saturated heterocycles. The Bertz CT molecular complexity index is 422. The van der Waals surface area contributed by atoms with Crippen molar-refractivity contribution >= 4 is 15.9 Å². The third-order valence-electron chi connectivity index (χ3n) is 3.81. The average Bonchev–Trinajstić information content (AvgIpc) is 2.70. The first-order valence-electron chi connectivity index (χ1n) is 6.36. The Morgan fingerprint density at radius 2 is 2.28 bits per heavy atom. The molecule has 0 spiro atoms. The van der Waals surface area contributed by atoms with Gasteiger partial charge in [0.05, 0.1) is 0 Å². The number of benzene rings is 1. The SMILES string of the molecule is CC(F)c1ccc(C2CC(CN)CN2C)cc1Br. The number of nitrogens with zero attached hydrogens (tertiary/aromatic N) is 1. The second-order valence-electron chi connectivity index (χ2n) is 5.19.